The van der Waals surface area contributed by atoms with Gasteiger partial charge in [-0.05, 0) is 37.1 Å². The molecule has 1 aromatic carbocycles. The van der Waals surface area contributed by atoms with E-state index in [-0.39, 0.29) is 11.8 Å². The third kappa shape index (κ3) is 1.71. The topological polar surface area (TPSA) is 50.4 Å². The zero-order chi connectivity index (χ0) is 12.0. The first-order chi connectivity index (χ1) is 8.15. The fraction of sp³-hybridized carbons (Fsp3) is 0.308. The van der Waals surface area contributed by atoms with Crippen LogP contribution in [0.5, 0.6) is 0 Å². The number of carboxylic acid groups (broad SMARTS) is 1. The van der Waals surface area contributed by atoms with Crippen molar-refractivity contribution in [2.45, 2.75) is 18.8 Å². The monoisotopic (exact) mass is 250 g/mol. The van der Waals surface area contributed by atoms with E-state index in [9.17, 15) is 4.79 Å². The molecule has 0 amide bonds. The Labute approximate surface area is 103 Å². The van der Waals surface area contributed by atoms with Crippen molar-refractivity contribution in [3.05, 3.63) is 35.0 Å². The van der Waals surface area contributed by atoms with Crippen molar-refractivity contribution in [3.8, 4) is 0 Å². The Bertz CT molecular complexity index is 587. The minimum absolute atomic E-state index is 0.0127. The van der Waals surface area contributed by atoms with E-state index < -0.39 is 5.97 Å². The molecule has 1 aromatic heterocycles. The van der Waals surface area contributed by atoms with E-state index in [4.69, 9.17) is 21.1 Å². The SMILES string of the molecule is O=C(O)C1CCC1c1cc2cc(Cl)ccc2o1. The summed E-state index contributed by atoms with van der Waals surface area (Å²) >= 11 is 5.90. The van der Waals surface area contributed by atoms with E-state index in [1.807, 2.05) is 18.2 Å². The van der Waals surface area contributed by atoms with Crippen LogP contribution in [-0.2, 0) is 4.79 Å². The van der Waals surface area contributed by atoms with Crippen LogP contribution in [0.3, 0.4) is 0 Å². The molecule has 1 heterocycles. The Morgan fingerprint density at radius 3 is 2.82 bits per heavy atom. The Morgan fingerprint density at radius 2 is 2.18 bits per heavy atom. The molecule has 0 saturated heterocycles. The largest absolute Gasteiger partial charge is 0.481 e. The van der Waals surface area contributed by atoms with E-state index in [2.05, 4.69) is 0 Å². The molecule has 17 heavy (non-hydrogen) atoms. The van der Waals surface area contributed by atoms with Crippen LogP contribution in [0.2, 0.25) is 5.02 Å². The maximum absolute atomic E-state index is 11.0. The van der Waals surface area contributed by atoms with E-state index in [1.165, 1.54) is 0 Å². The number of halogens is 1. The second kappa shape index (κ2) is 3.77. The second-order valence-corrected chi connectivity index (χ2v) is 4.90. The fourth-order valence-electron chi connectivity index (χ4n) is 2.35. The zero-order valence-corrected chi connectivity index (χ0v) is 9.78. The average molecular weight is 251 g/mol. The number of fused-ring (bicyclic) bond motifs is 1. The second-order valence-electron chi connectivity index (χ2n) is 4.46. The van der Waals surface area contributed by atoms with Crippen LogP contribution in [0.25, 0.3) is 11.0 Å². The van der Waals surface area contributed by atoms with Gasteiger partial charge in [-0.15, -0.1) is 0 Å². The minimum atomic E-state index is -0.736. The normalized spacial score (nSPS) is 23.6. The quantitative estimate of drug-likeness (QED) is 0.885. The lowest BCUT2D eigenvalue weighted by Gasteiger charge is -2.31. The van der Waals surface area contributed by atoms with Crippen LogP contribution in [0.4, 0.5) is 0 Å². The predicted octanol–water partition coefficient (Wildman–Crippen LogP) is 3.66. The van der Waals surface area contributed by atoms with Gasteiger partial charge in [0.05, 0.1) is 5.92 Å². The maximum Gasteiger partial charge on any atom is 0.307 e. The van der Waals surface area contributed by atoms with Crippen molar-refractivity contribution in [1.82, 2.24) is 0 Å². The number of aliphatic carboxylic acids is 1. The lowest BCUT2D eigenvalue weighted by molar-refractivity contribution is -0.145. The zero-order valence-electron chi connectivity index (χ0n) is 9.02. The van der Waals surface area contributed by atoms with E-state index in [1.54, 1.807) is 6.07 Å². The Morgan fingerprint density at radius 1 is 1.35 bits per heavy atom. The van der Waals surface area contributed by atoms with Crippen molar-refractivity contribution in [2.75, 3.05) is 0 Å². The lowest BCUT2D eigenvalue weighted by atomic mass is 9.72. The van der Waals surface area contributed by atoms with E-state index in [0.717, 1.165) is 29.6 Å². The molecule has 0 bridgehead atoms. The van der Waals surface area contributed by atoms with Gasteiger partial charge in [0.15, 0.2) is 0 Å². The molecule has 0 spiro atoms. The van der Waals surface area contributed by atoms with Gasteiger partial charge in [0, 0.05) is 16.3 Å². The highest BCUT2D eigenvalue weighted by Gasteiger charge is 2.39. The number of rotatable bonds is 2. The number of carbonyl (C=O) groups is 1. The van der Waals surface area contributed by atoms with Crippen LogP contribution in [0.15, 0.2) is 28.7 Å². The van der Waals surface area contributed by atoms with Crippen molar-refractivity contribution < 1.29 is 14.3 Å². The summed E-state index contributed by atoms with van der Waals surface area (Å²) in [5, 5.41) is 10.6. The number of furan rings is 1. The Hall–Kier alpha value is -1.48. The average Bonchev–Trinajstić information content (AvgIpc) is 2.56. The van der Waals surface area contributed by atoms with E-state index >= 15 is 0 Å². The summed E-state index contributed by atoms with van der Waals surface area (Å²) in [6, 6.07) is 7.32. The molecular formula is C13H11ClO3. The third-order valence-electron chi connectivity index (χ3n) is 3.45. The van der Waals surface area contributed by atoms with Gasteiger partial charge in [0.25, 0.3) is 0 Å². The number of hydrogen-bond acceptors (Lipinski definition) is 2. The van der Waals surface area contributed by atoms with Crippen molar-refractivity contribution in [1.29, 1.82) is 0 Å². The summed E-state index contributed by atoms with van der Waals surface area (Å²) in [7, 11) is 0. The molecule has 3 nitrogen and oxygen atoms in total. The molecule has 2 aromatic rings. The van der Waals surface area contributed by atoms with Crippen LogP contribution in [0.1, 0.15) is 24.5 Å². The summed E-state index contributed by atoms with van der Waals surface area (Å²) in [6.07, 6.45) is 1.61. The highest BCUT2D eigenvalue weighted by molar-refractivity contribution is 6.31. The Kier molecular flexibility index (Phi) is 2.37. The summed E-state index contributed by atoms with van der Waals surface area (Å²) in [6.45, 7) is 0. The van der Waals surface area contributed by atoms with Crippen LogP contribution < -0.4 is 0 Å². The molecule has 1 N–H and O–H groups in total. The Balaban J connectivity index is 1.98. The molecule has 2 unspecified atom stereocenters. The molecule has 1 aliphatic rings. The van der Waals surface area contributed by atoms with Crippen LogP contribution in [0, 0.1) is 5.92 Å². The molecule has 0 radical (unpaired) electrons. The summed E-state index contributed by atoms with van der Waals surface area (Å²) < 4.78 is 5.69. The first-order valence-corrected chi connectivity index (χ1v) is 5.95. The number of benzene rings is 1. The van der Waals surface area contributed by atoms with Gasteiger partial charge in [-0.3, -0.25) is 4.79 Å². The van der Waals surface area contributed by atoms with Gasteiger partial charge in [0.1, 0.15) is 11.3 Å². The first-order valence-electron chi connectivity index (χ1n) is 5.57. The van der Waals surface area contributed by atoms with Gasteiger partial charge < -0.3 is 9.52 Å². The van der Waals surface area contributed by atoms with E-state index in [0.29, 0.717) is 5.02 Å². The van der Waals surface area contributed by atoms with Gasteiger partial charge in [-0.1, -0.05) is 11.6 Å². The summed E-state index contributed by atoms with van der Waals surface area (Å²) in [5.41, 5.74) is 0.764. The summed E-state index contributed by atoms with van der Waals surface area (Å²) in [5.74, 6) is -0.259. The predicted molar refractivity (Wildman–Crippen MR) is 64.3 cm³/mol. The highest BCUT2D eigenvalue weighted by atomic mass is 35.5. The van der Waals surface area contributed by atoms with Gasteiger partial charge in [-0.25, -0.2) is 0 Å². The standard InChI is InChI=1S/C13H11ClO3/c14-8-1-4-11-7(5-8)6-12(17-11)9-2-3-10(9)13(15)16/h1,4-6,9-10H,2-3H2,(H,15,16). The molecule has 1 fully saturated rings. The molecular weight excluding hydrogens is 240 g/mol. The van der Waals surface area contributed by atoms with Crippen LogP contribution in [-0.4, -0.2) is 11.1 Å². The molecule has 88 valence electrons. The fourth-order valence-corrected chi connectivity index (χ4v) is 2.53. The molecule has 1 aliphatic carbocycles. The highest BCUT2D eigenvalue weighted by Crippen LogP contribution is 2.44. The van der Waals surface area contributed by atoms with Gasteiger partial charge in [-0.2, -0.15) is 0 Å². The molecule has 1 saturated carbocycles. The van der Waals surface area contributed by atoms with Crippen molar-refractivity contribution in [3.63, 3.8) is 0 Å². The van der Waals surface area contributed by atoms with Gasteiger partial charge >= 0.3 is 5.97 Å². The number of hydrogen-bond donors (Lipinski definition) is 1. The smallest absolute Gasteiger partial charge is 0.307 e. The molecule has 3 rings (SSSR count). The van der Waals surface area contributed by atoms with Crippen molar-refractivity contribution in [2.24, 2.45) is 5.92 Å². The lowest BCUT2D eigenvalue weighted by Crippen LogP contribution is -2.30. The molecule has 0 aliphatic heterocycles. The van der Waals surface area contributed by atoms with Crippen LogP contribution >= 0.6 is 11.6 Å². The summed E-state index contributed by atoms with van der Waals surface area (Å²) in [4.78, 5) is 11.0. The molecule has 4 heteroatoms. The molecule has 2 atom stereocenters. The third-order valence-corrected chi connectivity index (χ3v) is 3.69. The first kappa shape index (κ1) is 10.7. The number of carboxylic acids is 1. The maximum atomic E-state index is 11.0. The van der Waals surface area contributed by atoms with Gasteiger partial charge in [0.2, 0.25) is 0 Å². The minimum Gasteiger partial charge on any atom is -0.481 e. The van der Waals surface area contributed by atoms with Crippen molar-refractivity contribution >= 4 is 28.5 Å².